The third-order valence-corrected chi connectivity index (χ3v) is 9.43. The number of hydrogen-bond acceptors (Lipinski definition) is 8. The molecule has 0 unspecified atom stereocenters. The molecule has 258 valence electrons. The van der Waals surface area contributed by atoms with Gasteiger partial charge >= 0.3 is 18.2 Å². The molecule has 4 atom stereocenters. The average Bonchev–Trinajstić information content (AvgIpc) is 3.51. The van der Waals surface area contributed by atoms with Crippen molar-refractivity contribution in [2.24, 2.45) is 5.92 Å². The molecule has 0 spiro atoms. The van der Waals surface area contributed by atoms with Crippen LogP contribution in [0.25, 0.3) is 0 Å². The minimum Gasteiger partial charge on any atom is -0.466 e. The summed E-state index contributed by atoms with van der Waals surface area (Å²) in [7, 11) is 1.37. The summed E-state index contributed by atoms with van der Waals surface area (Å²) in [6, 6.07) is 15.7. The fourth-order valence-corrected chi connectivity index (χ4v) is 6.70. The number of amides is 2. The van der Waals surface area contributed by atoms with E-state index in [1.165, 1.54) is 18.1 Å². The van der Waals surface area contributed by atoms with Crippen LogP contribution >= 0.6 is 23.2 Å². The Bertz CT molecular complexity index is 1640. The van der Waals surface area contributed by atoms with Crippen molar-refractivity contribution in [2.75, 3.05) is 26.8 Å². The van der Waals surface area contributed by atoms with Gasteiger partial charge in [0.05, 0.1) is 25.3 Å². The highest BCUT2D eigenvalue weighted by molar-refractivity contribution is 6.30. The zero-order valence-corrected chi connectivity index (χ0v) is 28.5. The van der Waals surface area contributed by atoms with Crippen LogP contribution < -0.4 is 5.56 Å². The fourth-order valence-electron chi connectivity index (χ4n) is 6.45. The van der Waals surface area contributed by atoms with Crippen molar-refractivity contribution < 1.29 is 38.3 Å². The number of aromatic amines is 1. The second kappa shape index (κ2) is 16.2. The number of hydrogen-bond donors (Lipinski definition) is 2. The van der Waals surface area contributed by atoms with Gasteiger partial charge in [0.1, 0.15) is 18.0 Å². The molecule has 14 heteroatoms. The number of ketones is 1. The number of rotatable bonds is 7. The minimum absolute atomic E-state index is 0.0653. The van der Waals surface area contributed by atoms with E-state index in [2.05, 4.69) is 5.16 Å². The molecule has 12 nitrogen and oxygen atoms in total. The summed E-state index contributed by atoms with van der Waals surface area (Å²) >= 11 is 11.9. The number of aromatic nitrogens is 1. The Balaban J connectivity index is 0.000000217. The number of piperidine rings is 2. The topological polar surface area (TPSA) is 159 Å². The number of halogens is 2. The summed E-state index contributed by atoms with van der Waals surface area (Å²) in [6.07, 6.45) is 0.403. The third-order valence-electron chi connectivity index (χ3n) is 8.93. The van der Waals surface area contributed by atoms with Crippen molar-refractivity contribution >= 4 is 47.1 Å². The summed E-state index contributed by atoms with van der Waals surface area (Å²) in [4.78, 5) is 62.1. The third kappa shape index (κ3) is 8.78. The van der Waals surface area contributed by atoms with E-state index in [1.54, 1.807) is 55.1 Å². The molecule has 2 fully saturated rings. The number of carbonyl (C=O) groups excluding carboxylic acids is 3. The lowest BCUT2D eigenvalue weighted by Crippen LogP contribution is -2.53. The van der Waals surface area contributed by atoms with E-state index < -0.39 is 17.6 Å². The van der Waals surface area contributed by atoms with Crippen LogP contribution in [-0.4, -0.2) is 70.8 Å². The van der Waals surface area contributed by atoms with E-state index >= 15 is 0 Å². The van der Waals surface area contributed by atoms with Gasteiger partial charge in [-0.05, 0) is 74.9 Å². The van der Waals surface area contributed by atoms with Crippen molar-refractivity contribution in [3.05, 3.63) is 91.9 Å². The van der Waals surface area contributed by atoms with Crippen LogP contribution in [0.5, 0.6) is 0 Å². The second-order valence-electron chi connectivity index (χ2n) is 11.9. The number of esters is 1. The van der Waals surface area contributed by atoms with Crippen LogP contribution in [0.1, 0.15) is 74.8 Å². The molecule has 2 saturated heterocycles. The van der Waals surface area contributed by atoms with Gasteiger partial charge in [0.15, 0.2) is 0 Å². The molecular formula is C34H39Cl2N3O9. The standard InChI is InChI=1S/C18H22ClNO5.C16H17ClN2O4/c1-3-25-16(22)10-15(21)12-8-9-20(17(23)24)18(2,11-12)13-4-6-14(19)7-5-13;1-22-16(21)19-7-6-11(14-9-15(20)18-23-14)8-13(19)10-2-4-12(17)5-3-10/h4-7,12H,3,8-11H2,1-2H3,(H,23,24);2-5,9,11,13H,6-8H2,1H3,(H,18,20)/t12-,18-;11-,13-/m00/s1. The molecule has 3 aromatic rings. The molecule has 2 aliphatic heterocycles. The van der Waals surface area contributed by atoms with E-state index in [4.69, 9.17) is 37.2 Å². The molecule has 48 heavy (non-hydrogen) atoms. The number of nitrogens with one attached hydrogen (secondary N) is 1. The van der Waals surface area contributed by atoms with Gasteiger partial charge in [0, 0.05) is 41.0 Å². The highest BCUT2D eigenvalue weighted by atomic mass is 35.5. The number of ether oxygens (including phenoxy) is 2. The molecule has 0 radical (unpaired) electrons. The lowest BCUT2D eigenvalue weighted by Gasteiger charge is -2.46. The molecule has 1 aromatic heterocycles. The van der Waals surface area contributed by atoms with Gasteiger partial charge in [0.25, 0.3) is 5.56 Å². The Hall–Kier alpha value is -4.29. The Morgan fingerprint density at radius 2 is 1.67 bits per heavy atom. The number of likely N-dealkylation sites (tertiary alicyclic amines) is 2. The normalized spacial score (nSPS) is 22.2. The lowest BCUT2D eigenvalue weighted by atomic mass is 9.75. The summed E-state index contributed by atoms with van der Waals surface area (Å²) in [5, 5.41) is 13.1. The predicted octanol–water partition coefficient (Wildman–Crippen LogP) is 6.78. The predicted molar refractivity (Wildman–Crippen MR) is 177 cm³/mol. The van der Waals surface area contributed by atoms with Crippen molar-refractivity contribution in [3.8, 4) is 0 Å². The first-order valence-corrected chi connectivity index (χ1v) is 16.3. The van der Waals surface area contributed by atoms with Crippen molar-refractivity contribution in [1.82, 2.24) is 15.0 Å². The Kier molecular flexibility index (Phi) is 12.3. The number of carboxylic acid groups (broad SMARTS) is 1. The molecule has 2 aromatic carbocycles. The number of methoxy groups -OCH3 is 1. The maximum absolute atomic E-state index is 12.4. The highest BCUT2D eigenvalue weighted by Crippen LogP contribution is 2.42. The van der Waals surface area contributed by atoms with E-state index in [1.807, 2.05) is 12.1 Å². The van der Waals surface area contributed by atoms with Crippen LogP contribution in [-0.2, 0) is 24.6 Å². The Labute approximate surface area is 287 Å². The van der Waals surface area contributed by atoms with Crippen molar-refractivity contribution in [2.45, 2.75) is 63.5 Å². The summed E-state index contributed by atoms with van der Waals surface area (Å²) in [6.45, 7) is 4.47. The van der Waals surface area contributed by atoms with Crippen LogP contribution in [0, 0.1) is 5.92 Å². The molecule has 0 aliphatic carbocycles. The van der Waals surface area contributed by atoms with Crippen LogP contribution in [0.3, 0.4) is 0 Å². The molecule has 0 bridgehead atoms. The first kappa shape index (κ1) is 36.5. The first-order chi connectivity index (χ1) is 22.9. The maximum Gasteiger partial charge on any atom is 0.409 e. The number of carbonyl (C=O) groups is 4. The minimum atomic E-state index is -1.03. The average molecular weight is 705 g/mol. The van der Waals surface area contributed by atoms with Gasteiger partial charge in [-0.25, -0.2) is 9.59 Å². The van der Waals surface area contributed by atoms with Crippen molar-refractivity contribution in [3.63, 3.8) is 0 Å². The summed E-state index contributed by atoms with van der Waals surface area (Å²) in [5.41, 5.74) is 0.637. The zero-order valence-electron chi connectivity index (χ0n) is 26.9. The van der Waals surface area contributed by atoms with Gasteiger partial charge in [-0.15, -0.1) is 0 Å². The molecule has 2 N–H and O–H groups in total. The molecule has 0 saturated carbocycles. The smallest absolute Gasteiger partial charge is 0.409 e. The molecule has 5 rings (SSSR count). The molecule has 3 heterocycles. The number of Topliss-reactive ketones (excluding diaryl/α,β-unsaturated/α-hetero) is 1. The zero-order chi connectivity index (χ0) is 35.0. The summed E-state index contributed by atoms with van der Waals surface area (Å²) < 4.78 is 15.0. The van der Waals surface area contributed by atoms with Crippen molar-refractivity contribution in [1.29, 1.82) is 0 Å². The maximum atomic E-state index is 12.4. The fraction of sp³-hybridized carbons (Fsp3) is 0.441. The number of nitrogens with zero attached hydrogens (tertiary/aromatic N) is 2. The van der Waals surface area contributed by atoms with Crippen LogP contribution in [0.15, 0.2) is 63.9 Å². The number of benzene rings is 2. The number of H-pyrrole nitrogens is 1. The Morgan fingerprint density at radius 3 is 2.23 bits per heavy atom. The van der Waals surface area contributed by atoms with E-state index in [0.29, 0.717) is 48.0 Å². The SMILES string of the molecule is CCOC(=O)CC(=O)[C@H]1CCN(C(=O)O)[C@](C)(c2ccc(Cl)cc2)C1.COC(=O)N1CC[C@H](c2cc(=O)[nH]o2)C[C@H]1c1ccc(Cl)cc1. The largest absolute Gasteiger partial charge is 0.466 e. The monoisotopic (exact) mass is 703 g/mol. The summed E-state index contributed by atoms with van der Waals surface area (Å²) in [5.74, 6) is -0.445. The highest BCUT2D eigenvalue weighted by Gasteiger charge is 2.44. The van der Waals surface area contributed by atoms with Crippen LogP contribution in [0.4, 0.5) is 9.59 Å². The van der Waals surface area contributed by atoms with Crippen LogP contribution in [0.2, 0.25) is 10.0 Å². The van der Waals surface area contributed by atoms with E-state index in [0.717, 1.165) is 11.1 Å². The van der Waals surface area contributed by atoms with Gasteiger partial charge in [-0.2, -0.15) is 5.16 Å². The second-order valence-corrected chi connectivity index (χ2v) is 12.8. The van der Waals surface area contributed by atoms with Gasteiger partial charge in [0.2, 0.25) is 0 Å². The molecule has 2 amide bonds. The quantitative estimate of drug-likeness (QED) is 0.200. The van der Waals surface area contributed by atoms with Gasteiger partial charge in [-0.3, -0.25) is 19.3 Å². The van der Waals surface area contributed by atoms with E-state index in [-0.39, 0.29) is 54.9 Å². The molecule has 2 aliphatic rings. The van der Waals surface area contributed by atoms with Gasteiger partial charge in [-0.1, -0.05) is 47.5 Å². The van der Waals surface area contributed by atoms with E-state index in [9.17, 15) is 29.1 Å². The van der Waals surface area contributed by atoms with Gasteiger partial charge < -0.3 is 24.0 Å². The molecular weight excluding hydrogens is 665 g/mol. The lowest BCUT2D eigenvalue weighted by molar-refractivity contribution is -0.147. The Morgan fingerprint density at radius 1 is 1.02 bits per heavy atom. The first-order valence-electron chi connectivity index (χ1n) is 15.6.